The van der Waals surface area contributed by atoms with Crippen molar-refractivity contribution in [2.75, 3.05) is 0 Å². The first kappa shape index (κ1) is 7.90. The minimum atomic E-state index is -3.44. The smallest absolute Gasteiger partial charge is 0.212 e. The predicted octanol–water partition coefficient (Wildman–Crippen LogP) is 0.607. The molecule has 0 bridgehead atoms. The highest BCUT2D eigenvalue weighted by Crippen LogP contribution is 2.10. The fourth-order valence-corrected chi connectivity index (χ4v) is 2.35. The maximum Gasteiger partial charge on any atom is 0.237 e. The SMILES string of the molecule is O=S(=O)(Cl)Cc1cnns1. The maximum atomic E-state index is 10.4. The molecule has 1 rings (SSSR count). The van der Waals surface area contributed by atoms with Crippen LogP contribution in [0.5, 0.6) is 0 Å². The van der Waals surface area contributed by atoms with Crippen LogP contribution in [-0.4, -0.2) is 18.0 Å². The molecule has 1 heterocycles. The van der Waals surface area contributed by atoms with Crippen LogP contribution < -0.4 is 0 Å². The van der Waals surface area contributed by atoms with Crippen LogP contribution in [0.3, 0.4) is 0 Å². The first-order chi connectivity index (χ1) is 4.58. The molecule has 0 fully saturated rings. The molecule has 10 heavy (non-hydrogen) atoms. The van der Waals surface area contributed by atoms with Crippen molar-refractivity contribution >= 4 is 31.3 Å². The topological polar surface area (TPSA) is 59.9 Å². The second-order valence-corrected chi connectivity index (χ2v) is 5.21. The number of hydrogen-bond donors (Lipinski definition) is 0. The van der Waals surface area contributed by atoms with E-state index < -0.39 is 9.05 Å². The molecule has 0 saturated heterocycles. The van der Waals surface area contributed by atoms with Gasteiger partial charge < -0.3 is 0 Å². The Balaban J connectivity index is 2.75. The summed E-state index contributed by atoms with van der Waals surface area (Å²) in [6.45, 7) is 0. The molecular weight excluding hydrogens is 196 g/mol. The van der Waals surface area contributed by atoms with E-state index in [1.807, 2.05) is 0 Å². The van der Waals surface area contributed by atoms with Gasteiger partial charge in [-0.2, -0.15) is 0 Å². The standard InChI is InChI=1S/C3H3ClN2O2S2/c4-10(7,8)2-3-1-5-6-9-3/h1H,2H2. The van der Waals surface area contributed by atoms with E-state index in [9.17, 15) is 8.42 Å². The molecule has 0 spiro atoms. The summed E-state index contributed by atoms with van der Waals surface area (Å²) < 4.78 is 24.3. The largest absolute Gasteiger partial charge is 0.237 e. The van der Waals surface area contributed by atoms with Crippen LogP contribution in [0.2, 0.25) is 0 Å². The Hall–Kier alpha value is -0.200. The van der Waals surface area contributed by atoms with Crippen molar-refractivity contribution in [1.82, 2.24) is 9.59 Å². The van der Waals surface area contributed by atoms with Crippen molar-refractivity contribution in [1.29, 1.82) is 0 Å². The zero-order valence-corrected chi connectivity index (χ0v) is 7.08. The molecule has 4 nitrogen and oxygen atoms in total. The molecule has 0 radical (unpaired) electrons. The summed E-state index contributed by atoms with van der Waals surface area (Å²) in [6.07, 6.45) is 1.38. The monoisotopic (exact) mass is 198 g/mol. The minimum Gasteiger partial charge on any atom is -0.212 e. The number of hydrogen-bond acceptors (Lipinski definition) is 5. The van der Waals surface area contributed by atoms with Crippen molar-refractivity contribution in [3.63, 3.8) is 0 Å². The van der Waals surface area contributed by atoms with Gasteiger partial charge in [0.2, 0.25) is 9.05 Å². The van der Waals surface area contributed by atoms with Gasteiger partial charge in [0.25, 0.3) is 0 Å². The lowest BCUT2D eigenvalue weighted by Crippen LogP contribution is -1.91. The normalized spacial score (nSPS) is 11.7. The van der Waals surface area contributed by atoms with Gasteiger partial charge >= 0.3 is 0 Å². The minimum absolute atomic E-state index is 0.188. The zero-order chi connectivity index (χ0) is 7.61. The van der Waals surface area contributed by atoms with Crippen LogP contribution in [0.4, 0.5) is 0 Å². The van der Waals surface area contributed by atoms with Gasteiger partial charge in [-0.15, -0.1) is 5.10 Å². The quantitative estimate of drug-likeness (QED) is 0.654. The van der Waals surface area contributed by atoms with E-state index in [4.69, 9.17) is 10.7 Å². The third-order valence-corrected chi connectivity index (χ3v) is 2.55. The van der Waals surface area contributed by atoms with Crippen LogP contribution in [0.25, 0.3) is 0 Å². The van der Waals surface area contributed by atoms with E-state index in [2.05, 4.69) is 9.59 Å². The fourth-order valence-electron chi connectivity index (χ4n) is 0.421. The first-order valence-corrected chi connectivity index (χ1v) is 5.52. The Kier molecular flexibility index (Phi) is 2.22. The molecular formula is C3H3ClN2O2S2. The molecule has 1 aromatic heterocycles. The molecule has 0 aliphatic heterocycles. The van der Waals surface area contributed by atoms with E-state index >= 15 is 0 Å². The maximum absolute atomic E-state index is 10.4. The molecule has 0 atom stereocenters. The Morgan fingerprint density at radius 2 is 2.40 bits per heavy atom. The van der Waals surface area contributed by atoms with Crippen molar-refractivity contribution < 1.29 is 8.42 Å². The Bertz CT molecular complexity index is 292. The Morgan fingerprint density at radius 1 is 1.70 bits per heavy atom. The molecule has 0 N–H and O–H groups in total. The van der Waals surface area contributed by atoms with Gasteiger partial charge in [-0.05, 0) is 11.5 Å². The van der Waals surface area contributed by atoms with Crippen molar-refractivity contribution in [3.8, 4) is 0 Å². The molecule has 0 unspecified atom stereocenters. The summed E-state index contributed by atoms with van der Waals surface area (Å²) in [5.41, 5.74) is 0. The van der Waals surface area contributed by atoms with Gasteiger partial charge in [-0.3, -0.25) is 0 Å². The van der Waals surface area contributed by atoms with Crippen molar-refractivity contribution in [2.24, 2.45) is 0 Å². The Labute approximate surface area is 66.4 Å². The van der Waals surface area contributed by atoms with E-state index in [0.717, 1.165) is 11.5 Å². The first-order valence-electron chi connectivity index (χ1n) is 2.26. The average molecular weight is 199 g/mol. The van der Waals surface area contributed by atoms with Crippen molar-refractivity contribution in [2.45, 2.75) is 5.75 Å². The van der Waals surface area contributed by atoms with Gasteiger partial charge in [-0.25, -0.2) is 8.42 Å². The highest BCUT2D eigenvalue weighted by Gasteiger charge is 2.08. The van der Waals surface area contributed by atoms with Crippen LogP contribution >= 0.6 is 22.2 Å². The molecule has 0 aliphatic carbocycles. The van der Waals surface area contributed by atoms with Crippen LogP contribution in [0.1, 0.15) is 4.88 Å². The van der Waals surface area contributed by atoms with Gasteiger partial charge in [0.15, 0.2) is 0 Å². The van der Waals surface area contributed by atoms with Crippen molar-refractivity contribution in [3.05, 3.63) is 11.1 Å². The van der Waals surface area contributed by atoms with Crippen LogP contribution in [0.15, 0.2) is 6.20 Å². The Morgan fingerprint density at radius 3 is 2.80 bits per heavy atom. The summed E-state index contributed by atoms with van der Waals surface area (Å²) in [6, 6.07) is 0. The van der Waals surface area contributed by atoms with Crippen LogP contribution in [-0.2, 0) is 14.8 Å². The number of halogens is 1. The third-order valence-electron chi connectivity index (χ3n) is 0.722. The third kappa shape index (κ3) is 2.59. The summed E-state index contributed by atoms with van der Waals surface area (Å²) in [4.78, 5) is 0.551. The lowest BCUT2D eigenvalue weighted by atomic mass is 10.6. The molecule has 1 aromatic rings. The number of aromatic nitrogens is 2. The van der Waals surface area contributed by atoms with E-state index in [0.29, 0.717) is 4.88 Å². The van der Waals surface area contributed by atoms with Gasteiger partial charge in [-0.1, -0.05) is 4.49 Å². The molecule has 56 valence electrons. The number of rotatable bonds is 2. The fraction of sp³-hybridized carbons (Fsp3) is 0.333. The number of nitrogens with zero attached hydrogens (tertiary/aromatic N) is 2. The molecule has 0 amide bonds. The lowest BCUT2D eigenvalue weighted by molar-refractivity contribution is 0.609. The van der Waals surface area contributed by atoms with Gasteiger partial charge in [0.05, 0.1) is 11.1 Å². The highest BCUT2D eigenvalue weighted by atomic mass is 35.7. The lowest BCUT2D eigenvalue weighted by Gasteiger charge is -1.86. The van der Waals surface area contributed by atoms with Crippen LogP contribution in [0, 0.1) is 0 Å². The molecule has 7 heteroatoms. The predicted molar refractivity (Wildman–Crippen MR) is 38.4 cm³/mol. The second kappa shape index (κ2) is 2.81. The molecule has 0 aliphatic rings. The van der Waals surface area contributed by atoms with E-state index in [1.165, 1.54) is 6.20 Å². The summed E-state index contributed by atoms with van der Waals surface area (Å²) in [5.74, 6) is -0.188. The van der Waals surface area contributed by atoms with E-state index in [1.54, 1.807) is 0 Å². The van der Waals surface area contributed by atoms with E-state index in [-0.39, 0.29) is 5.75 Å². The zero-order valence-electron chi connectivity index (χ0n) is 4.69. The molecule has 0 aromatic carbocycles. The van der Waals surface area contributed by atoms with Gasteiger partial charge in [0.1, 0.15) is 5.75 Å². The molecule has 0 saturated carbocycles. The summed E-state index contributed by atoms with van der Waals surface area (Å²) >= 11 is 1.03. The van der Waals surface area contributed by atoms with Gasteiger partial charge in [0, 0.05) is 10.7 Å². The average Bonchev–Trinajstić information content (AvgIpc) is 2.12. The summed E-state index contributed by atoms with van der Waals surface area (Å²) in [7, 11) is 1.50. The summed E-state index contributed by atoms with van der Waals surface area (Å²) in [5, 5.41) is 3.45. The second-order valence-electron chi connectivity index (χ2n) is 1.57. The highest BCUT2D eigenvalue weighted by molar-refractivity contribution is 8.13.